The molecule has 1 nitrogen and oxygen atoms in total. The van der Waals surface area contributed by atoms with Gasteiger partial charge in [0.25, 0.3) is 0 Å². The van der Waals surface area contributed by atoms with Crippen LogP contribution in [0.3, 0.4) is 0 Å². The molecule has 0 saturated heterocycles. The van der Waals surface area contributed by atoms with Gasteiger partial charge in [-0.2, -0.15) is 0 Å². The van der Waals surface area contributed by atoms with Crippen molar-refractivity contribution in [3.8, 4) is 0 Å². The van der Waals surface area contributed by atoms with E-state index in [9.17, 15) is 4.39 Å². The molecule has 108 valence electrons. The molecule has 0 atom stereocenters. The van der Waals surface area contributed by atoms with Gasteiger partial charge in [0, 0.05) is 14.6 Å². The van der Waals surface area contributed by atoms with Gasteiger partial charge in [-0.25, -0.2) is 4.39 Å². The summed E-state index contributed by atoms with van der Waals surface area (Å²) >= 11 is 6.74. The van der Waals surface area contributed by atoms with Crippen LogP contribution in [0.1, 0.15) is 22.3 Å². The van der Waals surface area contributed by atoms with E-state index in [1.807, 2.05) is 32.9 Å². The molecule has 20 heavy (non-hydrogen) atoms. The Morgan fingerprint density at radius 3 is 1.65 bits per heavy atom. The van der Waals surface area contributed by atoms with Crippen LogP contribution in [0.5, 0.6) is 0 Å². The molecule has 2 aromatic rings. The fourth-order valence-corrected chi connectivity index (χ4v) is 2.46. The van der Waals surface area contributed by atoms with Gasteiger partial charge in [0.05, 0.1) is 0 Å². The lowest BCUT2D eigenvalue weighted by Gasteiger charge is -2.02. The monoisotopic (exact) mass is 401 g/mol. The molecule has 2 aromatic carbocycles. The summed E-state index contributed by atoms with van der Waals surface area (Å²) in [5.41, 5.74) is 10.4. The predicted molar refractivity (Wildman–Crippen MR) is 91.6 cm³/mol. The molecule has 0 bridgehead atoms. The van der Waals surface area contributed by atoms with E-state index in [4.69, 9.17) is 5.73 Å². The van der Waals surface area contributed by atoms with E-state index in [1.165, 1.54) is 11.6 Å². The topological polar surface area (TPSA) is 26.0 Å². The molecular formula is C16H18Br2FN. The minimum Gasteiger partial charge on any atom is -0.399 e. The molecule has 0 aliphatic carbocycles. The number of aryl methyl sites for hydroxylation is 4. The van der Waals surface area contributed by atoms with Crippen molar-refractivity contribution in [1.29, 1.82) is 0 Å². The fourth-order valence-electron chi connectivity index (χ4n) is 1.55. The van der Waals surface area contributed by atoms with Gasteiger partial charge in [-0.15, -0.1) is 0 Å². The molecule has 0 unspecified atom stereocenters. The normalized spacial score (nSPS) is 9.95. The minimum atomic E-state index is -0.138. The van der Waals surface area contributed by atoms with Crippen molar-refractivity contribution < 1.29 is 4.39 Å². The van der Waals surface area contributed by atoms with Crippen molar-refractivity contribution in [1.82, 2.24) is 0 Å². The first-order valence-corrected chi connectivity index (χ1v) is 7.75. The molecule has 0 saturated carbocycles. The molecule has 0 aliphatic rings. The van der Waals surface area contributed by atoms with Crippen molar-refractivity contribution in [2.45, 2.75) is 27.7 Å². The van der Waals surface area contributed by atoms with Crippen molar-refractivity contribution in [3.63, 3.8) is 0 Å². The van der Waals surface area contributed by atoms with E-state index in [-0.39, 0.29) is 5.82 Å². The van der Waals surface area contributed by atoms with E-state index in [0.29, 0.717) is 5.56 Å². The van der Waals surface area contributed by atoms with E-state index in [0.717, 1.165) is 25.8 Å². The van der Waals surface area contributed by atoms with Crippen LogP contribution < -0.4 is 5.73 Å². The van der Waals surface area contributed by atoms with Gasteiger partial charge < -0.3 is 5.73 Å². The van der Waals surface area contributed by atoms with Crippen LogP contribution in [0.25, 0.3) is 0 Å². The van der Waals surface area contributed by atoms with Crippen molar-refractivity contribution >= 4 is 37.5 Å². The molecule has 0 amide bonds. The number of benzene rings is 2. The van der Waals surface area contributed by atoms with E-state index in [1.54, 1.807) is 13.0 Å². The number of hydrogen-bond donors (Lipinski definition) is 1. The highest BCUT2D eigenvalue weighted by atomic mass is 79.9. The fraction of sp³-hybridized carbons (Fsp3) is 0.250. The molecular weight excluding hydrogens is 385 g/mol. The van der Waals surface area contributed by atoms with E-state index in [2.05, 4.69) is 31.9 Å². The summed E-state index contributed by atoms with van der Waals surface area (Å²) in [6.45, 7) is 7.64. The van der Waals surface area contributed by atoms with Crippen LogP contribution in [0.2, 0.25) is 0 Å². The van der Waals surface area contributed by atoms with Gasteiger partial charge in [0.2, 0.25) is 0 Å². The summed E-state index contributed by atoms with van der Waals surface area (Å²) in [7, 11) is 0. The molecule has 0 aliphatic heterocycles. The smallest absolute Gasteiger partial charge is 0.126 e. The highest BCUT2D eigenvalue weighted by molar-refractivity contribution is 9.10. The van der Waals surface area contributed by atoms with Crippen molar-refractivity contribution in [2.24, 2.45) is 0 Å². The SMILES string of the molecule is Cc1cc(Br)c(C)cc1F.Cc1cc(Br)c(C)cc1N. The van der Waals surface area contributed by atoms with Crippen molar-refractivity contribution in [3.05, 3.63) is 61.3 Å². The van der Waals surface area contributed by atoms with E-state index < -0.39 is 0 Å². The second kappa shape index (κ2) is 7.23. The Bertz CT molecular complexity index is 468. The van der Waals surface area contributed by atoms with Gasteiger partial charge in [0.15, 0.2) is 0 Å². The molecule has 0 radical (unpaired) electrons. The third-order valence-corrected chi connectivity index (χ3v) is 4.70. The Morgan fingerprint density at radius 1 is 0.750 bits per heavy atom. The minimum absolute atomic E-state index is 0.138. The quantitative estimate of drug-likeness (QED) is 0.549. The van der Waals surface area contributed by atoms with E-state index >= 15 is 0 Å². The zero-order valence-electron chi connectivity index (χ0n) is 12.0. The molecule has 2 N–H and O–H groups in total. The second-order valence-corrected chi connectivity index (χ2v) is 6.52. The molecule has 0 fully saturated rings. The summed E-state index contributed by atoms with van der Waals surface area (Å²) < 4.78 is 14.8. The zero-order chi connectivity index (χ0) is 15.4. The number of nitrogens with two attached hydrogens (primary N) is 1. The first-order chi connectivity index (χ1) is 9.22. The molecule has 0 aromatic heterocycles. The maximum absolute atomic E-state index is 12.7. The molecule has 4 heteroatoms. The molecule has 2 rings (SSSR count). The van der Waals surface area contributed by atoms with Crippen molar-refractivity contribution in [2.75, 3.05) is 5.73 Å². The number of hydrogen-bond acceptors (Lipinski definition) is 1. The van der Waals surface area contributed by atoms with Gasteiger partial charge in [-0.1, -0.05) is 31.9 Å². The Hall–Kier alpha value is -0.870. The van der Waals surface area contributed by atoms with Gasteiger partial charge in [-0.3, -0.25) is 0 Å². The Morgan fingerprint density at radius 2 is 1.20 bits per heavy atom. The summed E-state index contributed by atoms with van der Waals surface area (Å²) in [6.07, 6.45) is 0. The maximum Gasteiger partial charge on any atom is 0.126 e. The Kier molecular flexibility index (Phi) is 6.21. The summed E-state index contributed by atoms with van der Waals surface area (Å²) in [5, 5.41) is 0. The number of nitrogen functional groups attached to an aromatic ring is 1. The third-order valence-electron chi connectivity index (χ3n) is 2.99. The number of halogens is 3. The Balaban J connectivity index is 0.000000200. The first-order valence-electron chi connectivity index (χ1n) is 6.17. The lowest BCUT2D eigenvalue weighted by Crippen LogP contribution is -1.90. The lowest BCUT2D eigenvalue weighted by molar-refractivity contribution is 0.617. The maximum atomic E-state index is 12.7. The van der Waals surface area contributed by atoms with Crippen LogP contribution in [0, 0.1) is 33.5 Å². The lowest BCUT2D eigenvalue weighted by atomic mass is 10.1. The van der Waals surface area contributed by atoms with Gasteiger partial charge >= 0.3 is 0 Å². The number of rotatable bonds is 0. The van der Waals surface area contributed by atoms with Crippen LogP contribution in [0.15, 0.2) is 33.2 Å². The highest BCUT2D eigenvalue weighted by Crippen LogP contribution is 2.22. The first kappa shape index (κ1) is 17.2. The summed E-state index contributed by atoms with van der Waals surface area (Å²) in [6, 6.07) is 7.31. The Labute approximate surface area is 136 Å². The molecule has 0 spiro atoms. The summed E-state index contributed by atoms with van der Waals surface area (Å²) in [4.78, 5) is 0. The number of anilines is 1. The zero-order valence-corrected chi connectivity index (χ0v) is 15.2. The average molecular weight is 403 g/mol. The predicted octanol–water partition coefficient (Wildman–Crippen LogP) is 5.85. The standard InChI is InChI=1S/C8H8BrF.C8H10BrN/c2*1-5-4-8(10)6(2)3-7(5)9/h3-4H,1-2H3;3-4H,10H2,1-2H3. The molecule has 0 heterocycles. The van der Waals surface area contributed by atoms with Crippen LogP contribution in [-0.4, -0.2) is 0 Å². The van der Waals surface area contributed by atoms with Gasteiger partial charge in [0.1, 0.15) is 5.82 Å². The third kappa shape index (κ3) is 4.60. The second-order valence-electron chi connectivity index (χ2n) is 4.81. The van der Waals surface area contributed by atoms with Gasteiger partial charge in [-0.05, 0) is 74.2 Å². The largest absolute Gasteiger partial charge is 0.399 e. The highest BCUT2D eigenvalue weighted by Gasteiger charge is 2.00. The average Bonchev–Trinajstić information content (AvgIpc) is 2.35. The van der Waals surface area contributed by atoms with Crippen LogP contribution >= 0.6 is 31.9 Å². The van der Waals surface area contributed by atoms with Crippen LogP contribution in [-0.2, 0) is 0 Å². The summed E-state index contributed by atoms with van der Waals surface area (Å²) in [5.74, 6) is -0.138. The van der Waals surface area contributed by atoms with Crippen LogP contribution in [0.4, 0.5) is 10.1 Å².